The summed E-state index contributed by atoms with van der Waals surface area (Å²) in [5.41, 5.74) is 0.240. The number of carbonyl (C=O) groups excluding carboxylic acids is 1. The number of methoxy groups -OCH3 is 1. The Kier molecular flexibility index (Phi) is 4.11. The third-order valence-corrected chi connectivity index (χ3v) is 3.07. The summed E-state index contributed by atoms with van der Waals surface area (Å²) < 4.78 is 9.87. The molecule has 0 radical (unpaired) electrons. The van der Waals surface area contributed by atoms with Crippen LogP contribution in [-0.4, -0.2) is 38.9 Å². The molecule has 1 fully saturated rings. The van der Waals surface area contributed by atoms with Crippen LogP contribution in [0.25, 0.3) is 0 Å². The van der Waals surface area contributed by atoms with E-state index in [0.717, 1.165) is 19.8 Å². The Balaban J connectivity index is 2.28. The van der Waals surface area contributed by atoms with Crippen LogP contribution in [0.2, 0.25) is 0 Å². The molecule has 0 aromatic heterocycles. The monoisotopic (exact) mass is 215 g/mol. The molecule has 88 valence electrons. The molecule has 4 nitrogen and oxygen atoms in total. The molecule has 1 N–H and O–H groups in total. The molecule has 0 amide bonds. The molecule has 1 heterocycles. The van der Waals surface area contributed by atoms with Crippen LogP contribution in [-0.2, 0) is 14.3 Å². The Morgan fingerprint density at radius 3 is 2.53 bits per heavy atom. The Morgan fingerprint density at radius 2 is 2.13 bits per heavy atom. The van der Waals surface area contributed by atoms with Crippen LogP contribution in [0.5, 0.6) is 0 Å². The van der Waals surface area contributed by atoms with Gasteiger partial charge in [0, 0.05) is 18.0 Å². The second-order valence-corrected chi connectivity index (χ2v) is 4.78. The quantitative estimate of drug-likeness (QED) is 0.689. The van der Waals surface area contributed by atoms with Crippen LogP contribution in [0.15, 0.2) is 0 Å². The fourth-order valence-corrected chi connectivity index (χ4v) is 1.53. The SMILES string of the molecule is COC(=O)C(C)C(C)NCC1(C)COC1. The maximum atomic E-state index is 11.3. The molecule has 0 aromatic rings. The zero-order chi connectivity index (χ0) is 11.5. The first-order valence-corrected chi connectivity index (χ1v) is 5.37. The number of hydrogen-bond acceptors (Lipinski definition) is 4. The van der Waals surface area contributed by atoms with Gasteiger partial charge in [-0.2, -0.15) is 0 Å². The smallest absolute Gasteiger partial charge is 0.309 e. The lowest BCUT2D eigenvalue weighted by molar-refractivity contribution is -0.146. The van der Waals surface area contributed by atoms with Crippen molar-refractivity contribution in [2.45, 2.75) is 26.8 Å². The molecular weight excluding hydrogens is 194 g/mol. The van der Waals surface area contributed by atoms with E-state index in [0.29, 0.717) is 0 Å². The topological polar surface area (TPSA) is 47.6 Å². The molecule has 1 rings (SSSR count). The third-order valence-electron chi connectivity index (χ3n) is 3.07. The molecule has 0 aliphatic carbocycles. The normalized spacial score (nSPS) is 22.7. The maximum Gasteiger partial charge on any atom is 0.309 e. The third kappa shape index (κ3) is 3.18. The highest BCUT2D eigenvalue weighted by Gasteiger charge is 2.34. The van der Waals surface area contributed by atoms with Crippen LogP contribution >= 0.6 is 0 Å². The van der Waals surface area contributed by atoms with Crippen molar-refractivity contribution in [3.8, 4) is 0 Å². The van der Waals surface area contributed by atoms with E-state index in [1.165, 1.54) is 7.11 Å². The fourth-order valence-electron chi connectivity index (χ4n) is 1.53. The van der Waals surface area contributed by atoms with E-state index in [4.69, 9.17) is 9.47 Å². The van der Waals surface area contributed by atoms with Crippen LogP contribution in [0.3, 0.4) is 0 Å². The average molecular weight is 215 g/mol. The van der Waals surface area contributed by atoms with Gasteiger partial charge in [0.15, 0.2) is 0 Å². The summed E-state index contributed by atoms with van der Waals surface area (Å²) >= 11 is 0. The van der Waals surface area contributed by atoms with Crippen molar-refractivity contribution in [2.75, 3.05) is 26.9 Å². The molecule has 0 spiro atoms. The number of rotatable bonds is 5. The summed E-state index contributed by atoms with van der Waals surface area (Å²) in [6, 6.07) is 0.134. The number of nitrogens with one attached hydrogen (secondary N) is 1. The van der Waals surface area contributed by atoms with Crippen LogP contribution in [0.1, 0.15) is 20.8 Å². The first-order valence-electron chi connectivity index (χ1n) is 5.37. The zero-order valence-electron chi connectivity index (χ0n) is 10.0. The zero-order valence-corrected chi connectivity index (χ0v) is 10.0. The van der Waals surface area contributed by atoms with E-state index in [9.17, 15) is 4.79 Å². The van der Waals surface area contributed by atoms with Crippen molar-refractivity contribution in [2.24, 2.45) is 11.3 Å². The lowest BCUT2D eigenvalue weighted by atomic mass is 9.88. The van der Waals surface area contributed by atoms with Gasteiger partial charge in [-0.05, 0) is 6.92 Å². The summed E-state index contributed by atoms with van der Waals surface area (Å²) in [5, 5.41) is 3.36. The van der Waals surface area contributed by atoms with Gasteiger partial charge < -0.3 is 14.8 Å². The van der Waals surface area contributed by atoms with Crippen molar-refractivity contribution in [1.29, 1.82) is 0 Å². The highest BCUT2D eigenvalue weighted by atomic mass is 16.5. The average Bonchev–Trinajstić information content (AvgIpc) is 2.20. The van der Waals surface area contributed by atoms with Gasteiger partial charge in [0.05, 0.1) is 26.2 Å². The van der Waals surface area contributed by atoms with Crippen LogP contribution in [0, 0.1) is 11.3 Å². The first kappa shape index (κ1) is 12.5. The summed E-state index contributed by atoms with van der Waals surface area (Å²) in [5.74, 6) is -0.274. The minimum Gasteiger partial charge on any atom is -0.469 e. The molecule has 15 heavy (non-hydrogen) atoms. The minimum atomic E-state index is -0.162. The molecule has 2 unspecified atom stereocenters. The van der Waals surface area contributed by atoms with E-state index in [1.54, 1.807) is 0 Å². The second-order valence-electron chi connectivity index (χ2n) is 4.78. The second kappa shape index (κ2) is 4.94. The summed E-state index contributed by atoms with van der Waals surface area (Å²) in [4.78, 5) is 11.3. The van der Waals surface area contributed by atoms with Gasteiger partial charge in [0.25, 0.3) is 0 Å². The van der Waals surface area contributed by atoms with Crippen molar-refractivity contribution in [3.63, 3.8) is 0 Å². The fraction of sp³-hybridized carbons (Fsp3) is 0.909. The highest BCUT2D eigenvalue weighted by Crippen LogP contribution is 2.25. The van der Waals surface area contributed by atoms with Crippen LogP contribution < -0.4 is 5.32 Å². The van der Waals surface area contributed by atoms with E-state index in [1.807, 2.05) is 13.8 Å². The standard InChI is InChI=1S/C11H21NO3/c1-8(10(13)14-4)9(2)12-5-11(3)6-15-7-11/h8-9,12H,5-7H2,1-4H3. The Labute approximate surface area is 91.3 Å². The number of hydrogen-bond donors (Lipinski definition) is 1. The largest absolute Gasteiger partial charge is 0.469 e. The van der Waals surface area contributed by atoms with E-state index < -0.39 is 0 Å². The van der Waals surface area contributed by atoms with Gasteiger partial charge in [-0.15, -0.1) is 0 Å². The maximum absolute atomic E-state index is 11.3. The van der Waals surface area contributed by atoms with E-state index >= 15 is 0 Å². The molecule has 1 aliphatic rings. The van der Waals surface area contributed by atoms with Crippen molar-refractivity contribution in [1.82, 2.24) is 5.32 Å². The van der Waals surface area contributed by atoms with Gasteiger partial charge in [0.2, 0.25) is 0 Å². The number of carbonyl (C=O) groups is 1. The van der Waals surface area contributed by atoms with Gasteiger partial charge in [0.1, 0.15) is 0 Å². The lowest BCUT2D eigenvalue weighted by Gasteiger charge is -2.39. The van der Waals surface area contributed by atoms with E-state index in [2.05, 4.69) is 12.2 Å². The van der Waals surface area contributed by atoms with Gasteiger partial charge in [-0.1, -0.05) is 13.8 Å². The predicted molar refractivity (Wildman–Crippen MR) is 57.6 cm³/mol. The van der Waals surface area contributed by atoms with E-state index in [-0.39, 0.29) is 23.3 Å². The summed E-state index contributed by atoms with van der Waals surface area (Å²) in [7, 11) is 1.42. The number of esters is 1. The van der Waals surface area contributed by atoms with Gasteiger partial charge in [-0.3, -0.25) is 4.79 Å². The lowest BCUT2D eigenvalue weighted by Crippen LogP contribution is -2.50. The molecule has 0 bridgehead atoms. The molecule has 1 aliphatic heterocycles. The van der Waals surface area contributed by atoms with Crippen molar-refractivity contribution >= 4 is 5.97 Å². The summed E-state index contributed by atoms with van der Waals surface area (Å²) in [6.07, 6.45) is 0. The Hall–Kier alpha value is -0.610. The Bertz CT molecular complexity index is 226. The minimum absolute atomic E-state index is 0.111. The van der Waals surface area contributed by atoms with Gasteiger partial charge in [-0.25, -0.2) is 0 Å². The van der Waals surface area contributed by atoms with Gasteiger partial charge >= 0.3 is 5.97 Å². The molecule has 0 aromatic carbocycles. The molecule has 2 atom stereocenters. The predicted octanol–water partition coefficient (Wildman–Crippen LogP) is 0.810. The first-order chi connectivity index (χ1) is 6.98. The van der Waals surface area contributed by atoms with Crippen LogP contribution in [0.4, 0.5) is 0 Å². The van der Waals surface area contributed by atoms with Crippen molar-refractivity contribution < 1.29 is 14.3 Å². The molecule has 0 saturated carbocycles. The van der Waals surface area contributed by atoms with Crippen molar-refractivity contribution in [3.05, 3.63) is 0 Å². The molecule has 4 heteroatoms. The molecule has 1 saturated heterocycles. The Morgan fingerprint density at radius 1 is 1.53 bits per heavy atom. The highest BCUT2D eigenvalue weighted by molar-refractivity contribution is 5.72. The summed E-state index contributed by atoms with van der Waals surface area (Å²) in [6.45, 7) is 8.56. The number of ether oxygens (including phenoxy) is 2. The molecular formula is C11H21NO3.